The zero-order chi connectivity index (χ0) is 17.8. The van der Waals surface area contributed by atoms with E-state index in [1.54, 1.807) is 13.1 Å². The number of piperazine rings is 1. The van der Waals surface area contributed by atoms with Gasteiger partial charge < -0.3 is 19.7 Å². The van der Waals surface area contributed by atoms with Crippen molar-refractivity contribution in [1.82, 2.24) is 25.0 Å². The van der Waals surface area contributed by atoms with Crippen LogP contribution in [0.2, 0.25) is 0 Å². The number of aryl methyl sites for hydroxylation is 1. The molecule has 0 saturated carbocycles. The van der Waals surface area contributed by atoms with Gasteiger partial charge in [-0.2, -0.15) is 0 Å². The van der Waals surface area contributed by atoms with Crippen LogP contribution in [0.3, 0.4) is 0 Å². The zero-order valence-electron chi connectivity index (χ0n) is 15.3. The topological polar surface area (TPSA) is 61.6 Å². The summed E-state index contributed by atoms with van der Waals surface area (Å²) in [5.74, 6) is 2.40. The quantitative estimate of drug-likeness (QED) is 0.419. The van der Waals surface area contributed by atoms with Crippen molar-refractivity contribution in [2.75, 3.05) is 38.1 Å². The molecule has 1 aliphatic rings. The predicted molar refractivity (Wildman–Crippen MR) is 112 cm³/mol. The third-order valence-corrected chi connectivity index (χ3v) is 4.57. The van der Waals surface area contributed by atoms with Gasteiger partial charge in [0.25, 0.3) is 0 Å². The lowest BCUT2D eigenvalue weighted by Crippen LogP contribution is -2.52. The monoisotopic (exact) mass is 473 g/mol. The van der Waals surface area contributed by atoms with E-state index in [1.807, 2.05) is 30.7 Å². The Kier molecular flexibility index (Phi) is 7.18. The molecule has 0 radical (unpaired) electrons. The molecule has 1 aliphatic heterocycles. The van der Waals surface area contributed by atoms with Gasteiger partial charge >= 0.3 is 0 Å². The highest BCUT2D eigenvalue weighted by Gasteiger charge is 2.21. The number of benzene rings is 1. The first-order valence-corrected chi connectivity index (χ1v) is 8.40. The lowest BCUT2D eigenvalue weighted by Gasteiger charge is -2.37. The van der Waals surface area contributed by atoms with Crippen molar-refractivity contribution < 1.29 is 4.39 Å². The van der Waals surface area contributed by atoms with Crippen molar-refractivity contribution in [3.8, 4) is 0 Å². The van der Waals surface area contributed by atoms with Crippen LogP contribution < -0.4 is 10.2 Å². The number of nitrogens with zero attached hydrogens (tertiary/aromatic N) is 6. The Labute approximate surface area is 170 Å². The minimum absolute atomic E-state index is 0. The number of halogens is 2. The van der Waals surface area contributed by atoms with E-state index in [4.69, 9.17) is 0 Å². The lowest BCUT2D eigenvalue weighted by atomic mass is 10.2. The SMILES string of the molecule is CN=C(NCc1nnc(C)n1C)N1CCN(c2ccccc2F)CC1.I. The molecule has 142 valence electrons. The summed E-state index contributed by atoms with van der Waals surface area (Å²) in [4.78, 5) is 8.62. The highest BCUT2D eigenvalue weighted by atomic mass is 127. The largest absolute Gasteiger partial charge is 0.366 e. The Balaban J connectivity index is 0.00000243. The van der Waals surface area contributed by atoms with Gasteiger partial charge in [0.1, 0.15) is 11.6 Å². The normalized spacial score (nSPS) is 15.0. The van der Waals surface area contributed by atoms with Crippen LogP contribution in [0.15, 0.2) is 29.3 Å². The molecule has 1 saturated heterocycles. The maximum atomic E-state index is 13.9. The first kappa shape index (κ1) is 20.4. The summed E-state index contributed by atoms with van der Waals surface area (Å²) in [6, 6.07) is 6.92. The van der Waals surface area contributed by atoms with Gasteiger partial charge in [-0.25, -0.2) is 4.39 Å². The summed E-state index contributed by atoms with van der Waals surface area (Å²) < 4.78 is 15.9. The van der Waals surface area contributed by atoms with Crippen molar-refractivity contribution in [2.45, 2.75) is 13.5 Å². The molecule has 2 heterocycles. The van der Waals surface area contributed by atoms with Gasteiger partial charge in [-0.1, -0.05) is 12.1 Å². The average Bonchev–Trinajstić information content (AvgIpc) is 2.95. The van der Waals surface area contributed by atoms with Gasteiger partial charge in [0.05, 0.1) is 12.2 Å². The number of nitrogens with one attached hydrogen (secondary N) is 1. The second kappa shape index (κ2) is 9.15. The summed E-state index contributed by atoms with van der Waals surface area (Å²) in [6.07, 6.45) is 0. The van der Waals surface area contributed by atoms with Crippen LogP contribution >= 0.6 is 24.0 Å². The fourth-order valence-electron chi connectivity index (χ4n) is 2.96. The van der Waals surface area contributed by atoms with Crippen LogP contribution in [-0.4, -0.2) is 58.9 Å². The van der Waals surface area contributed by atoms with Crippen molar-refractivity contribution in [2.24, 2.45) is 12.0 Å². The van der Waals surface area contributed by atoms with Crippen molar-refractivity contribution in [3.05, 3.63) is 41.7 Å². The predicted octanol–water partition coefficient (Wildman–Crippen LogP) is 1.78. The van der Waals surface area contributed by atoms with Crippen molar-refractivity contribution >= 4 is 35.6 Å². The molecule has 0 unspecified atom stereocenters. The van der Waals surface area contributed by atoms with Gasteiger partial charge in [0.15, 0.2) is 11.8 Å². The van der Waals surface area contributed by atoms with Crippen LogP contribution in [0.4, 0.5) is 10.1 Å². The average molecular weight is 473 g/mol. The van der Waals surface area contributed by atoms with Crippen LogP contribution in [0.25, 0.3) is 0 Å². The van der Waals surface area contributed by atoms with Gasteiger partial charge in [-0.05, 0) is 19.1 Å². The standard InChI is InChI=1S/C17H24FN7.HI/c1-13-21-22-16(23(13)3)12-20-17(19-2)25-10-8-24(9-11-25)15-7-5-4-6-14(15)18;/h4-7H,8-12H2,1-3H3,(H,19,20);1H. The van der Waals surface area contributed by atoms with Crippen LogP contribution in [0.1, 0.15) is 11.6 Å². The van der Waals surface area contributed by atoms with Gasteiger partial charge in [-0.3, -0.25) is 4.99 Å². The third kappa shape index (κ3) is 4.43. The maximum absolute atomic E-state index is 13.9. The molecular formula is C17H25FIN7. The summed E-state index contributed by atoms with van der Waals surface area (Å²) in [7, 11) is 3.72. The zero-order valence-corrected chi connectivity index (χ0v) is 17.6. The number of para-hydroxylation sites is 1. The molecule has 26 heavy (non-hydrogen) atoms. The molecule has 9 heteroatoms. The Morgan fingerprint density at radius 2 is 1.88 bits per heavy atom. The Morgan fingerprint density at radius 3 is 2.46 bits per heavy atom. The fraction of sp³-hybridized carbons (Fsp3) is 0.471. The van der Waals surface area contributed by atoms with Crippen molar-refractivity contribution in [3.63, 3.8) is 0 Å². The number of hydrogen-bond donors (Lipinski definition) is 1. The number of aliphatic imine (C=N–C) groups is 1. The molecule has 0 spiro atoms. The molecule has 3 rings (SSSR count). The Morgan fingerprint density at radius 1 is 1.19 bits per heavy atom. The van der Waals surface area contributed by atoms with E-state index >= 15 is 0 Å². The number of guanidine groups is 1. The van der Waals surface area contributed by atoms with E-state index in [0.29, 0.717) is 12.2 Å². The van der Waals surface area contributed by atoms with Crippen LogP contribution in [0, 0.1) is 12.7 Å². The molecular weight excluding hydrogens is 448 g/mol. The fourth-order valence-corrected chi connectivity index (χ4v) is 2.96. The Bertz CT molecular complexity index is 753. The smallest absolute Gasteiger partial charge is 0.194 e. The molecule has 0 bridgehead atoms. The van der Waals surface area contributed by atoms with E-state index in [2.05, 4.69) is 30.3 Å². The molecule has 0 amide bonds. The summed E-state index contributed by atoms with van der Waals surface area (Å²) in [6.45, 7) is 5.57. The van der Waals surface area contributed by atoms with E-state index in [1.165, 1.54) is 6.07 Å². The molecule has 1 fully saturated rings. The molecule has 0 atom stereocenters. The van der Waals surface area contributed by atoms with Gasteiger partial charge in [0, 0.05) is 40.3 Å². The van der Waals surface area contributed by atoms with Crippen molar-refractivity contribution in [1.29, 1.82) is 0 Å². The highest BCUT2D eigenvalue weighted by molar-refractivity contribution is 14.0. The number of anilines is 1. The molecule has 1 aromatic heterocycles. The van der Waals surface area contributed by atoms with E-state index in [-0.39, 0.29) is 29.8 Å². The summed E-state index contributed by atoms with van der Waals surface area (Å²) >= 11 is 0. The van der Waals surface area contributed by atoms with Gasteiger partial charge in [-0.15, -0.1) is 34.2 Å². The maximum Gasteiger partial charge on any atom is 0.194 e. The minimum atomic E-state index is -0.170. The van der Waals surface area contributed by atoms with Gasteiger partial charge in [0.2, 0.25) is 0 Å². The van der Waals surface area contributed by atoms with Crippen LogP contribution in [0.5, 0.6) is 0 Å². The molecule has 0 aliphatic carbocycles. The number of hydrogen-bond acceptors (Lipinski definition) is 4. The second-order valence-electron chi connectivity index (χ2n) is 6.05. The van der Waals surface area contributed by atoms with E-state index < -0.39 is 0 Å². The summed E-state index contributed by atoms with van der Waals surface area (Å²) in [5, 5.41) is 11.6. The molecule has 1 aromatic carbocycles. The lowest BCUT2D eigenvalue weighted by molar-refractivity contribution is 0.370. The van der Waals surface area contributed by atoms with E-state index in [9.17, 15) is 4.39 Å². The Hall–Kier alpha value is -1.91. The first-order valence-electron chi connectivity index (χ1n) is 8.40. The van der Waals surface area contributed by atoms with Crippen LogP contribution in [-0.2, 0) is 13.6 Å². The molecule has 7 nitrogen and oxygen atoms in total. The number of aromatic nitrogens is 3. The summed E-state index contributed by atoms with van der Waals surface area (Å²) in [5.41, 5.74) is 0.666. The minimum Gasteiger partial charge on any atom is -0.366 e. The number of rotatable bonds is 3. The first-order chi connectivity index (χ1) is 12.1. The highest BCUT2D eigenvalue weighted by Crippen LogP contribution is 2.20. The molecule has 2 aromatic rings. The molecule has 1 N–H and O–H groups in total. The third-order valence-electron chi connectivity index (χ3n) is 4.57. The van der Waals surface area contributed by atoms with E-state index in [0.717, 1.165) is 43.8 Å². The second-order valence-corrected chi connectivity index (χ2v) is 6.05.